The summed E-state index contributed by atoms with van der Waals surface area (Å²) in [4.78, 5) is 30.4. The van der Waals surface area contributed by atoms with Gasteiger partial charge in [-0.1, -0.05) is 35.3 Å². The largest absolute Gasteiger partial charge is 0.494 e. The van der Waals surface area contributed by atoms with Gasteiger partial charge in [-0.2, -0.15) is 5.26 Å². The van der Waals surface area contributed by atoms with Crippen molar-refractivity contribution in [3.63, 3.8) is 0 Å². The number of carbonyl (C=O) groups is 1. The lowest BCUT2D eigenvalue weighted by Gasteiger charge is -2.15. The van der Waals surface area contributed by atoms with E-state index in [0.29, 0.717) is 20.7 Å². The lowest BCUT2D eigenvalue weighted by molar-refractivity contribution is 0.103. The van der Waals surface area contributed by atoms with E-state index in [1.54, 1.807) is 36.5 Å². The number of benzene rings is 1. The number of thiophene rings is 1. The zero-order valence-corrected chi connectivity index (χ0v) is 18.3. The van der Waals surface area contributed by atoms with E-state index >= 15 is 0 Å². The lowest BCUT2D eigenvalue weighted by atomic mass is 10.0. The van der Waals surface area contributed by atoms with Gasteiger partial charge in [0.2, 0.25) is 11.7 Å². The number of halogens is 2. The van der Waals surface area contributed by atoms with Gasteiger partial charge in [0.25, 0.3) is 5.56 Å². The monoisotopic (exact) mass is 469 g/mol. The Morgan fingerprint density at radius 1 is 1.32 bits per heavy atom. The van der Waals surface area contributed by atoms with E-state index in [2.05, 4.69) is 4.98 Å². The minimum atomic E-state index is -0.688. The van der Waals surface area contributed by atoms with Crippen LogP contribution in [0.3, 0.4) is 0 Å². The molecule has 9 heteroatoms. The molecular weight excluding hydrogens is 457 g/mol. The maximum absolute atomic E-state index is 13.4. The molecule has 0 radical (unpaired) electrons. The molecule has 0 atom stereocenters. The van der Waals surface area contributed by atoms with Crippen LogP contribution in [0.4, 0.5) is 0 Å². The molecule has 0 unspecified atom stereocenters. The Morgan fingerprint density at radius 3 is 2.77 bits per heavy atom. The van der Waals surface area contributed by atoms with Gasteiger partial charge in [0, 0.05) is 27.5 Å². The highest BCUT2D eigenvalue weighted by Crippen LogP contribution is 2.39. The number of nitriles is 1. The molecule has 1 N–H and O–H groups in total. The number of ketones is 1. The summed E-state index contributed by atoms with van der Waals surface area (Å²) in [6.07, 6.45) is 3.11. The molecule has 0 saturated carbocycles. The molecule has 6 nitrogen and oxygen atoms in total. The fourth-order valence-electron chi connectivity index (χ4n) is 3.34. The molecule has 0 aliphatic rings. The van der Waals surface area contributed by atoms with E-state index < -0.39 is 17.2 Å². The van der Waals surface area contributed by atoms with Crippen LogP contribution in [0.15, 0.2) is 47.5 Å². The van der Waals surface area contributed by atoms with Crippen LogP contribution in [0.5, 0.6) is 5.88 Å². The van der Waals surface area contributed by atoms with E-state index in [-0.39, 0.29) is 33.1 Å². The highest BCUT2D eigenvalue weighted by atomic mass is 35.5. The molecule has 1 aromatic carbocycles. The van der Waals surface area contributed by atoms with Crippen molar-refractivity contribution in [3.05, 3.63) is 90.3 Å². The van der Waals surface area contributed by atoms with E-state index in [4.69, 9.17) is 23.2 Å². The normalized spacial score (nSPS) is 10.9. The predicted molar refractivity (Wildman–Crippen MR) is 120 cm³/mol. The van der Waals surface area contributed by atoms with Crippen molar-refractivity contribution < 1.29 is 9.90 Å². The zero-order chi connectivity index (χ0) is 22.3. The number of hydrogen-bond acceptors (Lipinski definition) is 6. The van der Waals surface area contributed by atoms with Crippen LogP contribution < -0.4 is 5.56 Å². The number of carbonyl (C=O) groups excluding carboxylic acids is 1. The molecule has 31 heavy (non-hydrogen) atoms. The molecule has 0 spiro atoms. The van der Waals surface area contributed by atoms with Gasteiger partial charge in [0.15, 0.2) is 0 Å². The van der Waals surface area contributed by atoms with Crippen molar-refractivity contribution in [3.8, 4) is 11.9 Å². The summed E-state index contributed by atoms with van der Waals surface area (Å²) < 4.78 is 1.70. The van der Waals surface area contributed by atoms with Gasteiger partial charge in [-0.15, -0.1) is 11.3 Å². The molecule has 4 aromatic rings. The van der Waals surface area contributed by atoms with E-state index in [0.717, 1.165) is 15.9 Å². The highest BCUT2D eigenvalue weighted by Gasteiger charge is 2.28. The maximum Gasteiger partial charge on any atom is 0.271 e. The Bertz CT molecular complexity index is 1450. The first kappa shape index (κ1) is 21.1. The third-order valence-electron chi connectivity index (χ3n) is 4.89. The fraction of sp³-hybridized carbons (Fsp3) is 0.0909. The Morgan fingerprint density at radius 2 is 2.10 bits per heavy atom. The molecular formula is C22H13Cl2N3O3S. The highest BCUT2D eigenvalue weighted by molar-refractivity contribution is 7.21. The van der Waals surface area contributed by atoms with Crippen LogP contribution in [-0.2, 0) is 6.54 Å². The molecule has 0 aliphatic carbocycles. The van der Waals surface area contributed by atoms with Crippen LogP contribution in [0.2, 0.25) is 10.0 Å². The van der Waals surface area contributed by atoms with Gasteiger partial charge < -0.3 is 5.11 Å². The predicted octanol–water partition coefficient (Wildman–Crippen LogP) is 4.93. The Labute approximate surface area is 190 Å². The van der Waals surface area contributed by atoms with Crippen molar-refractivity contribution in [2.75, 3.05) is 0 Å². The fourth-order valence-corrected chi connectivity index (χ4v) is 5.08. The van der Waals surface area contributed by atoms with E-state index in [1.165, 1.54) is 13.1 Å². The summed E-state index contributed by atoms with van der Waals surface area (Å²) in [5.41, 5.74) is -0.318. The number of nitrogens with zero attached hydrogens (tertiary/aromatic N) is 3. The molecule has 154 valence electrons. The minimum Gasteiger partial charge on any atom is -0.494 e. The molecule has 0 bridgehead atoms. The average Bonchev–Trinajstić information content (AvgIpc) is 3.08. The number of aromatic nitrogens is 2. The first-order valence-electron chi connectivity index (χ1n) is 9.01. The number of aromatic hydroxyl groups is 1. The summed E-state index contributed by atoms with van der Waals surface area (Å²) in [6.45, 7) is 1.41. The molecule has 4 rings (SSSR count). The Hall–Kier alpha value is -3.18. The SMILES string of the molecule is Cc1c(C(=O)c2sc3cc(Cl)ccc3c2Cl)c(O)n(Cc2cccnc2)c(=O)c1C#N. The summed E-state index contributed by atoms with van der Waals surface area (Å²) in [6, 6.07) is 10.3. The Balaban J connectivity index is 1.93. The number of pyridine rings is 2. The van der Waals surface area contributed by atoms with Crippen molar-refractivity contribution >= 4 is 50.4 Å². The second kappa shape index (κ2) is 8.16. The average molecular weight is 470 g/mol. The third-order valence-corrected chi connectivity index (χ3v) is 6.78. The second-order valence-corrected chi connectivity index (χ2v) is 8.64. The summed E-state index contributed by atoms with van der Waals surface area (Å²) >= 11 is 13.6. The second-order valence-electron chi connectivity index (χ2n) is 6.78. The van der Waals surface area contributed by atoms with Crippen LogP contribution >= 0.6 is 34.5 Å². The van der Waals surface area contributed by atoms with Crippen LogP contribution in [0, 0.1) is 18.3 Å². The summed E-state index contributed by atoms with van der Waals surface area (Å²) in [7, 11) is 0. The van der Waals surface area contributed by atoms with Crippen LogP contribution in [0.25, 0.3) is 10.1 Å². The van der Waals surface area contributed by atoms with Crippen molar-refractivity contribution in [2.45, 2.75) is 13.5 Å². The van der Waals surface area contributed by atoms with Gasteiger partial charge in [-0.25, -0.2) is 0 Å². The lowest BCUT2D eigenvalue weighted by Crippen LogP contribution is -2.27. The molecule has 3 aromatic heterocycles. The number of rotatable bonds is 4. The number of hydrogen-bond donors (Lipinski definition) is 1. The topological polar surface area (TPSA) is 96.0 Å². The van der Waals surface area contributed by atoms with Crippen LogP contribution in [0.1, 0.15) is 31.9 Å². The molecule has 0 saturated heterocycles. The van der Waals surface area contributed by atoms with Crippen molar-refractivity contribution in [1.82, 2.24) is 9.55 Å². The summed E-state index contributed by atoms with van der Waals surface area (Å²) in [5, 5.41) is 21.9. The summed E-state index contributed by atoms with van der Waals surface area (Å²) in [5.74, 6) is -1.10. The quantitative estimate of drug-likeness (QED) is 0.427. The third kappa shape index (κ3) is 3.59. The van der Waals surface area contributed by atoms with Crippen molar-refractivity contribution in [2.24, 2.45) is 0 Å². The van der Waals surface area contributed by atoms with Gasteiger partial charge in [0.1, 0.15) is 11.6 Å². The van der Waals surface area contributed by atoms with Gasteiger partial charge in [-0.05, 0) is 36.2 Å². The maximum atomic E-state index is 13.4. The van der Waals surface area contributed by atoms with Gasteiger partial charge in [-0.3, -0.25) is 19.1 Å². The van der Waals surface area contributed by atoms with Gasteiger partial charge >= 0.3 is 0 Å². The first-order valence-corrected chi connectivity index (χ1v) is 10.6. The smallest absolute Gasteiger partial charge is 0.271 e. The minimum absolute atomic E-state index is 0.0521. The van der Waals surface area contributed by atoms with E-state index in [9.17, 15) is 20.0 Å². The molecule has 3 heterocycles. The molecule has 0 amide bonds. The Kier molecular flexibility index (Phi) is 5.54. The molecule has 0 fully saturated rings. The first-order chi connectivity index (χ1) is 14.8. The van der Waals surface area contributed by atoms with Crippen molar-refractivity contribution in [1.29, 1.82) is 5.26 Å². The number of fused-ring (bicyclic) bond motifs is 1. The standard InChI is InChI=1S/C22H13Cl2N3O3S/c1-11-15(8-25)21(29)27(10-12-3-2-6-26-9-12)22(30)17(11)19(28)20-18(24)14-5-4-13(23)7-16(14)31-20/h2-7,9,30H,10H2,1H3. The van der Waals surface area contributed by atoms with Gasteiger partial charge in [0.05, 0.1) is 22.0 Å². The zero-order valence-electron chi connectivity index (χ0n) is 16.0. The molecule has 0 aliphatic heterocycles. The van der Waals surface area contributed by atoms with Crippen LogP contribution in [-0.4, -0.2) is 20.4 Å². The van der Waals surface area contributed by atoms with E-state index in [1.807, 2.05) is 6.07 Å².